The van der Waals surface area contributed by atoms with Crippen LogP contribution in [0.4, 0.5) is 0 Å². The predicted octanol–water partition coefficient (Wildman–Crippen LogP) is 2.68. The Hall–Kier alpha value is -2.30. The molecule has 0 aliphatic rings. The van der Waals surface area contributed by atoms with Gasteiger partial charge in [-0.15, -0.1) is 0 Å². The monoisotopic (exact) mass is 353 g/mol. The molecule has 0 fully saturated rings. The summed E-state index contributed by atoms with van der Waals surface area (Å²) in [4.78, 5) is 27.8. The number of hydrogen-bond acceptors (Lipinski definition) is 4. The van der Waals surface area contributed by atoms with Crippen molar-refractivity contribution in [2.24, 2.45) is 0 Å². The number of likely N-dealkylation sites (N-methyl/N-ethyl adjacent to an activating group) is 1. The van der Waals surface area contributed by atoms with Crippen molar-refractivity contribution in [2.75, 3.05) is 19.6 Å². The highest BCUT2D eigenvalue weighted by Crippen LogP contribution is 2.18. The zero-order valence-corrected chi connectivity index (χ0v) is 15.5. The Morgan fingerprint density at radius 3 is 1.54 bits per heavy atom. The third-order valence-electron chi connectivity index (χ3n) is 4.68. The van der Waals surface area contributed by atoms with Gasteiger partial charge in [0.2, 0.25) is 0 Å². The number of carbonyl (C=O) groups excluding carboxylic acids is 2. The molecule has 0 amide bonds. The molecule has 0 aliphatic carbocycles. The van der Waals surface area contributed by atoms with Gasteiger partial charge in [-0.05, 0) is 24.2 Å². The van der Waals surface area contributed by atoms with E-state index < -0.39 is 17.2 Å². The lowest BCUT2D eigenvalue weighted by atomic mass is 9.85. The van der Waals surface area contributed by atoms with Crippen LogP contribution in [-0.4, -0.2) is 46.8 Å². The summed E-state index contributed by atoms with van der Waals surface area (Å²) in [6.45, 7) is 5.25. The third-order valence-corrected chi connectivity index (χ3v) is 4.68. The Morgan fingerprint density at radius 2 is 1.19 bits per heavy atom. The molecular weight excluding hydrogens is 326 g/mol. The number of hydrogen-bond donors (Lipinski definition) is 1. The van der Waals surface area contributed by atoms with Gasteiger partial charge >= 0.3 is 0 Å². The van der Waals surface area contributed by atoms with E-state index in [-0.39, 0.29) is 19.4 Å². The summed E-state index contributed by atoms with van der Waals surface area (Å²) in [5, 5.41) is 11.2. The van der Waals surface area contributed by atoms with Crippen molar-refractivity contribution in [1.29, 1.82) is 0 Å². The summed E-state index contributed by atoms with van der Waals surface area (Å²) < 4.78 is 0. The van der Waals surface area contributed by atoms with Crippen LogP contribution in [0.5, 0.6) is 0 Å². The zero-order chi connectivity index (χ0) is 19.0. The summed E-state index contributed by atoms with van der Waals surface area (Å²) in [6, 6.07) is 18.4. The van der Waals surface area contributed by atoms with Crippen molar-refractivity contribution in [3.63, 3.8) is 0 Å². The first kappa shape index (κ1) is 20.0. The first-order chi connectivity index (χ1) is 12.5. The van der Waals surface area contributed by atoms with Gasteiger partial charge in [-0.2, -0.15) is 0 Å². The fraction of sp³-hybridized carbons (Fsp3) is 0.364. The highest BCUT2D eigenvalue weighted by molar-refractivity contribution is 6.11. The minimum absolute atomic E-state index is 0.0251. The fourth-order valence-electron chi connectivity index (χ4n) is 2.96. The van der Waals surface area contributed by atoms with Crippen molar-refractivity contribution in [2.45, 2.75) is 32.3 Å². The molecule has 4 nitrogen and oxygen atoms in total. The quantitative estimate of drug-likeness (QED) is 0.667. The summed E-state index contributed by atoms with van der Waals surface area (Å²) in [5.74, 6) is -0.895. The average Bonchev–Trinajstić information content (AvgIpc) is 2.67. The summed E-state index contributed by atoms with van der Waals surface area (Å²) in [5.41, 5.74) is -0.413. The van der Waals surface area contributed by atoms with Gasteiger partial charge in [0, 0.05) is 19.4 Å². The summed E-state index contributed by atoms with van der Waals surface area (Å²) in [6.07, 6.45) is 0.0816. The number of Topliss-reactive ketones (excluding diaryl/α,β-unsaturated/α-hetero) is 2. The number of nitrogens with zero attached hydrogens (tertiary/aromatic N) is 1. The van der Waals surface area contributed by atoms with Gasteiger partial charge in [-0.3, -0.25) is 9.59 Å². The van der Waals surface area contributed by atoms with E-state index in [0.717, 1.165) is 11.1 Å². The van der Waals surface area contributed by atoms with Gasteiger partial charge in [-0.25, -0.2) is 0 Å². The van der Waals surface area contributed by atoms with Crippen molar-refractivity contribution in [3.05, 3.63) is 71.8 Å². The number of rotatable bonds is 10. The summed E-state index contributed by atoms with van der Waals surface area (Å²) >= 11 is 0. The largest absolute Gasteiger partial charge is 0.374 e. The van der Waals surface area contributed by atoms with E-state index in [0.29, 0.717) is 13.1 Å². The number of ketones is 2. The molecule has 0 unspecified atom stereocenters. The Bertz CT molecular complexity index is 655. The van der Waals surface area contributed by atoms with Gasteiger partial charge < -0.3 is 10.0 Å². The maximum atomic E-state index is 12.9. The van der Waals surface area contributed by atoms with Crippen LogP contribution in [-0.2, 0) is 22.4 Å². The molecule has 0 bridgehead atoms. The minimum Gasteiger partial charge on any atom is -0.374 e. The van der Waals surface area contributed by atoms with Crippen LogP contribution in [0.15, 0.2) is 60.7 Å². The van der Waals surface area contributed by atoms with Crippen molar-refractivity contribution < 1.29 is 14.7 Å². The molecule has 2 rings (SSSR count). The molecule has 0 atom stereocenters. The highest BCUT2D eigenvalue weighted by atomic mass is 16.3. The first-order valence-corrected chi connectivity index (χ1v) is 9.08. The van der Waals surface area contributed by atoms with Crippen molar-refractivity contribution >= 4 is 11.6 Å². The smallest absolute Gasteiger partial charge is 0.194 e. The topological polar surface area (TPSA) is 57.6 Å². The van der Waals surface area contributed by atoms with Gasteiger partial charge in [0.05, 0.1) is 0 Å². The fourth-order valence-corrected chi connectivity index (χ4v) is 2.96. The van der Waals surface area contributed by atoms with Crippen LogP contribution in [0.1, 0.15) is 25.0 Å². The van der Waals surface area contributed by atoms with Crippen LogP contribution in [0.25, 0.3) is 0 Å². The lowest BCUT2D eigenvalue weighted by Gasteiger charge is -2.31. The maximum absolute atomic E-state index is 12.9. The molecule has 2 aromatic rings. The van der Waals surface area contributed by atoms with E-state index in [4.69, 9.17) is 0 Å². The highest BCUT2D eigenvalue weighted by Gasteiger charge is 2.43. The molecule has 0 heterocycles. The Kier molecular flexibility index (Phi) is 7.25. The molecule has 0 spiro atoms. The molecule has 0 radical (unpaired) electrons. The zero-order valence-electron chi connectivity index (χ0n) is 15.5. The number of aliphatic hydroxyl groups is 1. The van der Waals surface area contributed by atoms with E-state index in [9.17, 15) is 14.7 Å². The van der Waals surface area contributed by atoms with E-state index >= 15 is 0 Å². The molecular formula is C22H27NO3. The second-order valence-corrected chi connectivity index (χ2v) is 6.49. The minimum atomic E-state index is -2.00. The van der Waals surface area contributed by atoms with Crippen molar-refractivity contribution in [3.8, 4) is 0 Å². The van der Waals surface area contributed by atoms with Crippen LogP contribution < -0.4 is 0 Å². The second-order valence-electron chi connectivity index (χ2n) is 6.49. The SMILES string of the molecule is CCN(CC)CC(O)(C(=O)Cc1ccccc1)C(=O)Cc1ccccc1. The van der Waals surface area contributed by atoms with E-state index in [1.807, 2.05) is 79.4 Å². The Labute approximate surface area is 155 Å². The first-order valence-electron chi connectivity index (χ1n) is 9.08. The van der Waals surface area contributed by atoms with Crippen molar-refractivity contribution in [1.82, 2.24) is 4.90 Å². The van der Waals surface area contributed by atoms with Gasteiger partial charge in [0.1, 0.15) is 0 Å². The average molecular weight is 353 g/mol. The Balaban J connectivity index is 2.25. The molecule has 2 aromatic carbocycles. The van der Waals surface area contributed by atoms with Gasteiger partial charge in [0.15, 0.2) is 17.2 Å². The lowest BCUT2D eigenvalue weighted by molar-refractivity contribution is -0.152. The molecule has 0 aliphatic heterocycles. The molecule has 4 heteroatoms. The number of benzene rings is 2. The van der Waals surface area contributed by atoms with E-state index in [2.05, 4.69) is 0 Å². The van der Waals surface area contributed by atoms with E-state index in [1.165, 1.54) is 0 Å². The van der Waals surface area contributed by atoms with E-state index in [1.54, 1.807) is 0 Å². The molecule has 0 aromatic heterocycles. The molecule has 138 valence electrons. The number of carbonyl (C=O) groups is 2. The summed E-state index contributed by atoms with van der Waals surface area (Å²) in [7, 11) is 0. The van der Waals surface area contributed by atoms with Crippen LogP contribution in [0, 0.1) is 0 Å². The normalized spacial score (nSPS) is 11.5. The maximum Gasteiger partial charge on any atom is 0.194 e. The van der Waals surface area contributed by atoms with Crippen LogP contribution in [0.3, 0.4) is 0 Å². The van der Waals surface area contributed by atoms with Crippen LogP contribution in [0.2, 0.25) is 0 Å². The Morgan fingerprint density at radius 1 is 0.808 bits per heavy atom. The molecule has 1 N–H and O–H groups in total. The third kappa shape index (κ3) is 5.10. The predicted molar refractivity (Wildman–Crippen MR) is 103 cm³/mol. The van der Waals surface area contributed by atoms with Crippen LogP contribution >= 0.6 is 0 Å². The van der Waals surface area contributed by atoms with Gasteiger partial charge in [0.25, 0.3) is 0 Å². The molecule has 0 saturated carbocycles. The van der Waals surface area contributed by atoms with Gasteiger partial charge in [-0.1, -0.05) is 74.5 Å². The molecule has 0 saturated heterocycles. The standard InChI is InChI=1S/C22H27NO3/c1-3-23(4-2)17-22(26,20(24)15-18-11-7-5-8-12-18)21(25)16-19-13-9-6-10-14-19/h5-14,26H,3-4,15-17H2,1-2H3. The molecule has 26 heavy (non-hydrogen) atoms. The lowest BCUT2D eigenvalue weighted by Crippen LogP contribution is -2.56. The second kappa shape index (κ2) is 9.41.